The van der Waals surface area contributed by atoms with Crippen molar-refractivity contribution in [1.29, 1.82) is 0 Å². The number of hydrogen-bond donors (Lipinski definition) is 1. The summed E-state index contributed by atoms with van der Waals surface area (Å²) in [6, 6.07) is 0. The smallest absolute Gasteiger partial charge is 0.316 e. The summed E-state index contributed by atoms with van der Waals surface area (Å²) >= 11 is 1.38. The van der Waals surface area contributed by atoms with Crippen LogP contribution in [0.5, 0.6) is 0 Å². The molecule has 0 aromatic carbocycles. The third kappa shape index (κ3) is 4.07. The van der Waals surface area contributed by atoms with Crippen LogP contribution in [0.25, 0.3) is 0 Å². The van der Waals surface area contributed by atoms with E-state index in [1.54, 1.807) is 12.4 Å². The van der Waals surface area contributed by atoms with Gasteiger partial charge in [-0.05, 0) is 31.6 Å². The average molecular weight is 254 g/mol. The van der Waals surface area contributed by atoms with Crippen LogP contribution < -0.4 is 0 Å². The van der Waals surface area contributed by atoms with Crippen molar-refractivity contribution in [3.05, 3.63) is 12.4 Å². The lowest BCUT2D eigenvalue weighted by Crippen LogP contribution is -2.24. The molecule has 4 nitrogen and oxygen atoms in total. The van der Waals surface area contributed by atoms with Crippen LogP contribution in [0.2, 0.25) is 0 Å². The number of imidazole rings is 1. The molecule has 1 aliphatic rings. The van der Waals surface area contributed by atoms with Gasteiger partial charge in [-0.3, -0.25) is 4.79 Å². The number of ether oxygens (including phenoxy) is 1. The molecule has 0 spiro atoms. The molecule has 1 aliphatic carbocycles. The van der Waals surface area contributed by atoms with Crippen molar-refractivity contribution in [1.82, 2.24) is 9.97 Å². The largest absolute Gasteiger partial charge is 0.462 e. The first-order valence-electron chi connectivity index (χ1n) is 6.05. The highest BCUT2D eigenvalue weighted by molar-refractivity contribution is 7.99. The Morgan fingerprint density at radius 2 is 2.29 bits per heavy atom. The van der Waals surface area contributed by atoms with E-state index in [0.29, 0.717) is 5.75 Å². The molecule has 5 heteroatoms. The molecular weight excluding hydrogens is 236 g/mol. The maximum atomic E-state index is 11.6. The zero-order chi connectivity index (χ0) is 12.1. The minimum atomic E-state index is -0.133. The van der Waals surface area contributed by atoms with Crippen molar-refractivity contribution in [2.75, 3.05) is 5.75 Å². The Morgan fingerprint density at radius 3 is 2.94 bits per heavy atom. The molecule has 1 heterocycles. The molecule has 0 bridgehead atoms. The Kier molecular flexibility index (Phi) is 4.48. The van der Waals surface area contributed by atoms with Crippen LogP contribution >= 0.6 is 11.8 Å². The molecule has 0 aliphatic heterocycles. The van der Waals surface area contributed by atoms with Gasteiger partial charge < -0.3 is 9.72 Å². The highest BCUT2D eigenvalue weighted by Crippen LogP contribution is 2.26. The first-order chi connectivity index (χ1) is 8.24. The highest BCUT2D eigenvalue weighted by atomic mass is 32.2. The summed E-state index contributed by atoms with van der Waals surface area (Å²) in [6.45, 7) is 2.25. The maximum Gasteiger partial charge on any atom is 0.316 e. The fourth-order valence-corrected chi connectivity index (χ4v) is 2.63. The molecule has 0 radical (unpaired) electrons. The van der Waals surface area contributed by atoms with Gasteiger partial charge in [-0.15, -0.1) is 0 Å². The third-order valence-electron chi connectivity index (χ3n) is 3.06. The molecule has 1 aromatic rings. The number of H-pyrrole nitrogens is 1. The number of hydrogen-bond acceptors (Lipinski definition) is 4. The van der Waals surface area contributed by atoms with Crippen LogP contribution in [0.1, 0.15) is 32.6 Å². The van der Waals surface area contributed by atoms with Crippen LogP contribution in [-0.2, 0) is 9.53 Å². The van der Waals surface area contributed by atoms with Gasteiger partial charge in [0.2, 0.25) is 0 Å². The van der Waals surface area contributed by atoms with Gasteiger partial charge in [0, 0.05) is 12.4 Å². The normalized spacial score (nSPS) is 24.5. The van der Waals surface area contributed by atoms with Gasteiger partial charge in [-0.2, -0.15) is 0 Å². The summed E-state index contributed by atoms with van der Waals surface area (Å²) in [7, 11) is 0. The number of carbonyl (C=O) groups is 1. The lowest BCUT2D eigenvalue weighted by Gasteiger charge is -2.25. The fourth-order valence-electron chi connectivity index (χ4n) is 2.02. The minimum Gasteiger partial charge on any atom is -0.462 e. The standard InChI is InChI=1S/C12H18N2O2S/c1-9-2-4-10(5-3-9)16-11(15)8-17-12-13-6-7-14-12/h6-7,9-10H,2-5,8H2,1H3,(H,13,14). The molecule has 0 unspecified atom stereocenters. The number of rotatable bonds is 4. The summed E-state index contributed by atoms with van der Waals surface area (Å²) in [6.07, 6.45) is 7.92. The highest BCUT2D eigenvalue weighted by Gasteiger charge is 2.21. The van der Waals surface area contributed by atoms with E-state index in [1.165, 1.54) is 24.6 Å². The van der Waals surface area contributed by atoms with Gasteiger partial charge in [0.25, 0.3) is 0 Å². The molecule has 1 aromatic heterocycles. The second-order valence-electron chi connectivity index (χ2n) is 4.55. The van der Waals surface area contributed by atoms with E-state index >= 15 is 0 Å². The molecule has 17 heavy (non-hydrogen) atoms. The van der Waals surface area contributed by atoms with E-state index in [4.69, 9.17) is 4.74 Å². The van der Waals surface area contributed by atoms with Crippen LogP contribution in [0, 0.1) is 5.92 Å². The van der Waals surface area contributed by atoms with Gasteiger partial charge in [-0.25, -0.2) is 4.98 Å². The quantitative estimate of drug-likeness (QED) is 0.663. The second-order valence-corrected chi connectivity index (χ2v) is 5.52. The van der Waals surface area contributed by atoms with Crippen LogP contribution in [0.4, 0.5) is 0 Å². The Labute approximate surface area is 106 Å². The summed E-state index contributed by atoms with van der Waals surface area (Å²) < 4.78 is 5.44. The van der Waals surface area contributed by atoms with E-state index in [0.717, 1.165) is 23.9 Å². The number of nitrogens with zero attached hydrogens (tertiary/aromatic N) is 1. The van der Waals surface area contributed by atoms with Gasteiger partial charge in [0.05, 0.1) is 5.75 Å². The van der Waals surface area contributed by atoms with Crippen molar-refractivity contribution >= 4 is 17.7 Å². The molecule has 1 N–H and O–H groups in total. The lowest BCUT2D eigenvalue weighted by molar-refractivity contribution is -0.147. The average Bonchev–Trinajstić information content (AvgIpc) is 2.83. The zero-order valence-corrected chi connectivity index (χ0v) is 10.8. The van der Waals surface area contributed by atoms with E-state index in [2.05, 4.69) is 16.9 Å². The molecule has 0 saturated heterocycles. The Bertz CT molecular complexity index is 345. The zero-order valence-electron chi connectivity index (χ0n) is 10.0. The number of esters is 1. The Balaban J connectivity index is 1.67. The van der Waals surface area contributed by atoms with Gasteiger partial charge >= 0.3 is 5.97 Å². The Hall–Kier alpha value is -0.970. The second kappa shape index (κ2) is 6.10. The predicted molar refractivity (Wildman–Crippen MR) is 66.8 cm³/mol. The predicted octanol–water partition coefficient (Wildman–Crippen LogP) is 2.62. The number of thioether (sulfide) groups is 1. The van der Waals surface area contributed by atoms with Crippen molar-refractivity contribution in [3.8, 4) is 0 Å². The van der Waals surface area contributed by atoms with Crippen LogP contribution in [0.3, 0.4) is 0 Å². The van der Waals surface area contributed by atoms with E-state index in [9.17, 15) is 4.79 Å². The summed E-state index contributed by atoms with van der Waals surface area (Å²) in [5, 5.41) is 0.763. The summed E-state index contributed by atoms with van der Waals surface area (Å²) in [5.41, 5.74) is 0. The molecule has 1 saturated carbocycles. The van der Waals surface area contributed by atoms with Crippen molar-refractivity contribution in [2.24, 2.45) is 5.92 Å². The van der Waals surface area contributed by atoms with Crippen molar-refractivity contribution < 1.29 is 9.53 Å². The molecular formula is C12H18N2O2S. The molecule has 1 fully saturated rings. The van der Waals surface area contributed by atoms with Gasteiger partial charge in [0.15, 0.2) is 5.16 Å². The van der Waals surface area contributed by atoms with Crippen LogP contribution in [-0.4, -0.2) is 27.8 Å². The monoisotopic (exact) mass is 254 g/mol. The topological polar surface area (TPSA) is 55.0 Å². The Morgan fingerprint density at radius 1 is 1.53 bits per heavy atom. The number of nitrogens with one attached hydrogen (secondary N) is 1. The summed E-state index contributed by atoms with van der Waals surface area (Å²) in [4.78, 5) is 18.6. The lowest BCUT2D eigenvalue weighted by atomic mass is 9.89. The van der Waals surface area contributed by atoms with Crippen molar-refractivity contribution in [2.45, 2.75) is 43.9 Å². The van der Waals surface area contributed by atoms with E-state index in [1.807, 2.05) is 0 Å². The summed E-state index contributed by atoms with van der Waals surface area (Å²) in [5.74, 6) is 0.980. The molecule has 0 amide bonds. The van der Waals surface area contributed by atoms with Gasteiger partial charge in [-0.1, -0.05) is 18.7 Å². The van der Waals surface area contributed by atoms with E-state index < -0.39 is 0 Å². The SMILES string of the molecule is CC1CCC(OC(=O)CSc2ncc[nH]2)CC1. The van der Waals surface area contributed by atoms with Crippen LogP contribution in [0.15, 0.2) is 17.6 Å². The molecule has 2 rings (SSSR count). The van der Waals surface area contributed by atoms with Crippen molar-refractivity contribution in [3.63, 3.8) is 0 Å². The first-order valence-corrected chi connectivity index (χ1v) is 7.04. The molecule has 0 atom stereocenters. The van der Waals surface area contributed by atoms with Gasteiger partial charge in [0.1, 0.15) is 6.10 Å². The molecule has 94 valence electrons. The third-order valence-corrected chi connectivity index (χ3v) is 3.94. The fraction of sp³-hybridized carbons (Fsp3) is 0.667. The number of aromatic nitrogens is 2. The first kappa shape index (κ1) is 12.5. The van der Waals surface area contributed by atoms with E-state index in [-0.39, 0.29) is 12.1 Å². The maximum absolute atomic E-state index is 11.6. The number of carbonyl (C=O) groups excluding carboxylic acids is 1. The minimum absolute atomic E-state index is 0.133. The number of aromatic amines is 1.